The lowest BCUT2D eigenvalue weighted by Crippen LogP contribution is -1.99. The summed E-state index contributed by atoms with van der Waals surface area (Å²) in [5, 5.41) is 3.50. The van der Waals surface area contributed by atoms with Crippen molar-refractivity contribution in [2.45, 2.75) is 6.92 Å². The van der Waals surface area contributed by atoms with Gasteiger partial charge in [0.25, 0.3) is 0 Å². The van der Waals surface area contributed by atoms with Gasteiger partial charge in [-0.3, -0.25) is 0 Å². The number of rotatable bonds is 2. The molecule has 0 amide bonds. The fourth-order valence-corrected chi connectivity index (χ4v) is 1.76. The van der Waals surface area contributed by atoms with E-state index in [1.54, 1.807) is 30.3 Å². The highest BCUT2D eigenvalue weighted by Crippen LogP contribution is 2.29. The lowest BCUT2D eigenvalue weighted by molar-refractivity contribution is 0.632. The largest absolute Gasteiger partial charge is 0.398 e. The maximum Gasteiger partial charge on any atom is 0.146 e. The summed E-state index contributed by atoms with van der Waals surface area (Å²) in [6.45, 7) is 1.86. The summed E-state index contributed by atoms with van der Waals surface area (Å²) in [5.41, 5.74) is 8.33. The van der Waals surface area contributed by atoms with E-state index in [1.165, 1.54) is 6.07 Å². The third kappa shape index (κ3) is 2.50. The van der Waals surface area contributed by atoms with Gasteiger partial charge >= 0.3 is 0 Å². The number of nitrogens with two attached hydrogens (primary N) is 1. The standard InChI is InChI=1S/C13H12ClFN2/c1-8-11(16)6-9(14)7-13(8)17-12-5-3-2-4-10(12)15/h2-7,17H,16H2,1H3. The van der Waals surface area contributed by atoms with Crippen LogP contribution < -0.4 is 11.1 Å². The number of hydrogen-bond donors (Lipinski definition) is 2. The molecule has 0 unspecified atom stereocenters. The van der Waals surface area contributed by atoms with Gasteiger partial charge in [-0.25, -0.2) is 4.39 Å². The van der Waals surface area contributed by atoms with E-state index in [9.17, 15) is 4.39 Å². The third-order valence-electron chi connectivity index (χ3n) is 2.56. The van der Waals surface area contributed by atoms with Crippen LogP contribution in [0.15, 0.2) is 36.4 Å². The Kier molecular flexibility index (Phi) is 3.20. The predicted molar refractivity (Wildman–Crippen MR) is 70.3 cm³/mol. The van der Waals surface area contributed by atoms with Gasteiger partial charge in [-0.1, -0.05) is 23.7 Å². The van der Waals surface area contributed by atoms with Crippen LogP contribution in [0.25, 0.3) is 0 Å². The first-order valence-corrected chi connectivity index (χ1v) is 5.53. The van der Waals surface area contributed by atoms with Crippen LogP contribution in [0.5, 0.6) is 0 Å². The smallest absolute Gasteiger partial charge is 0.146 e. The Morgan fingerprint density at radius 3 is 2.59 bits per heavy atom. The van der Waals surface area contributed by atoms with E-state index in [0.29, 0.717) is 22.1 Å². The van der Waals surface area contributed by atoms with Gasteiger partial charge in [-0.05, 0) is 36.8 Å². The first-order chi connectivity index (χ1) is 8.08. The monoisotopic (exact) mass is 250 g/mol. The van der Waals surface area contributed by atoms with Crippen LogP contribution in [0.2, 0.25) is 5.02 Å². The van der Waals surface area contributed by atoms with Crippen molar-refractivity contribution < 1.29 is 4.39 Å². The van der Waals surface area contributed by atoms with E-state index in [-0.39, 0.29) is 5.82 Å². The van der Waals surface area contributed by atoms with Gasteiger partial charge in [0.05, 0.1) is 5.69 Å². The molecule has 0 fully saturated rings. The van der Waals surface area contributed by atoms with Crippen molar-refractivity contribution in [3.05, 3.63) is 52.8 Å². The molecule has 0 spiro atoms. The summed E-state index contributed by atoms with van der Waals surface area (Å²) >= 11 is 5.91. The van der Waals surface area contributed by atoms with Gasteiger partial charge in [-0.15, -0.1) is 0 Å². The van der Waals surface area contributed by atoms with E-state index in [2.05, 4.69) is 5.32 Å². The molecule has 0 saturated carbocycles. The molecule has 3 N–H and O–H groups in total. The van der Waals surface area contributed by atoms with Crippen molar-refractivity contribution in [1.29, 1.82) is 0 Å². The van der Waals surface area contributed by atoms with Crippen LogP contribution in [-0.2, 0) is 0 Å². The van der Waals surface area contributed by atoms with Crippen molar-refractivity contribution in [3.8, 4) is 0 Å². The van der Waals surface area contributed by atoms with E-state index in [0.717, 1.165) is 5.56 Å². The molecule has 88 valence electrons. The summed E-state index contributed by atoms with van der Waals surface area (Å²) in [6, 6.07) is 9.84. The lowest BCUT2D eigenvalue weighted by Gasteiger charge is -2.12. The second-order valence-electron chi connectivity index (χ2n) is 3.77. The molecule has 2 aromatic carbocycles. The quantitative estimate of drug-likeness (QED) is 0.787. The van der Waals surface area contributed by atoms with Crippen LogP contribution >= 0.6 is 11.6 Å². The Morgan fingerprint density at radius 2 is 1.88 bits per heavy atom. The van der Waals surface area contributed by atoms with Crippen molar-refractivity contribution in [2.75, 3.05) is 11.1 Å². The molecule has 0 aliphatic carbocycles. The number of nitrogens with one attached hydrogen (secondary N) is 1. The number of para-hydroxylation sites is 1. The average molecular weight is 251 g/mol. The van der Waals surface area contributed by atoms with E-state index >= 15 is 0 Å². The fraction of sp³-hybridized carbons (Fsp3) is 0.0769. The van der Waals surface area contributed by atoms with Crippen LogP contribution in [0.1, 0.15) is 5.56 Å². The molecule has 0 heterocycles. The molecule has 0 aliphatic rings. The predicted octanol–water partition coefficient (Wildman–Crippen LogP) is 4.11. The Hall–Kier alpha value is -1.74. The first kappa shape index (κ1) is 11.7. The average Bonchev–Trinajstić information content (AvgIpc) is 2.28. The van der Waals surface area contributed by atoms with E-state index < -0.39 is 0 Å². The normalized spacial score (nSPS) is 10.3. The molecule has 0 saturated heterocycles. The van der Waals surface area contributed by atoms with Crippen LogP contribution in [0, 0.1) is 12.7 Å². The van der Waals surface area contributed by atoms with E-state index in [1.807, 2.05) is 6.92 Å². The number of hydrogen-bond acceptors (Lipinski definition) is 2. The Balaban J connectivity index is 2.40. The molecule has 2 rings (SSSR count). The Bertz CT molecular complexity index is 555. The van der Waals surface area contributed by atoms with Gasteiger partial charge in [-0.2, -0.15) is 0 Å². The number of benzene rings is 2. The minimum atomic E-state index is -0.314. The van der Waals surface area contributed by atoms with E-state index in [4.69, 9.17) is 17.3 Å². The zero-order chi connectivity index (χ0) is 12.4. The molecule has 0 aliphatic heterocycles. The molecular weight excluding hydrogens is 239 g/mol. The van der Waals surface area contributed by atoms with Gasteiger partial charge < -0.3 is 11.1 Å². The molecule has 0 bridgehead atoms. The number of anilines is 3. The molecular formula is C13H12ClFN2. The molecule has 2 nitrogen and oxygen atoms in total. The second-order valence-corrected chi connectivity index (χ2v) is 4.21. The molecule has 4 heteroatoms. The molecule has 0 radical (unpaired) electrons. The summed E-state index contributed by atoms with van der Waals surface area (Å²) in [7, 11) is 0. The maximum atomic E-state index is 13.5. The highest BCUT2D eigenvalue weighted by atomic mass is 35.5. The first-order valence-electron chi connectivity index (χ1n) is 5.15. The fourth-order valence-electron chi connectivity index (χ4n) is 1.54. The molecule has 17 heavy (non-hydrogen) atoms. The highest BCUT2D eigenvalue weighted by molar-refractivity contribution is 6.31. The summed E-state index contributed by atoms with van der Waals surface area (Å²) in [4.78, 5) is 0. The topological polar surface area (TPSA) is 38.0 Å². The third-order valence-corrected chi connectivity index (χ3v) is 2.77. The summed E-state index contributed by atoms with van der Waals surface area (Å²) in [6.07, 6.45) is 0. The maximum absolute atomic E-state index is 13.5. The zero-order valence-corrected chi connectivity index (χ0v) is 10.1. The van der Waals surface area contributed by atoms with Crippen LogP contribution in [-0.4, -0.2) is 0 Å². The van der Waals surface area contributed by atoms with Crippen molar-refractivity contribution in [2.24, 2.45) is 0 Å². The molecule has 0 aromatic heterocycles. The van der Waals surface area contributed by atoms with Gasteiger partial charge in [0.15, 0.2) is 0 Å². The highest BCUT2D eigenvalue weighted by Gasteiger charge is 2.06. The van der Waals surface area contributed by atoms with Crippen LogP contribution in [0.4, 0.5) is 21.5 Å². The van der Waals surface area contributed by atoms with Gasteiger partial charge in [0, 0.05) is 16.4 Å². The second kappa shape index (κ2) is 4.63. The number of nitrogen functional groups attached to an aromatic ring is 1. The lowest BCUT2D eigenvalue weighted by atomic mass is 10.1. The summed E-state index contributed by atoms with van der Waals surface area (Å²) in [5.74, 6) is -0.314. The SMILES string of the molecule is Cc1c(N)cc(Cl)cc1Nc1ccccc1F. The molecule has 2 aromatic rings. The minimum Gasteiger partial charge on any atom is -0.398 e. The Labute approximate surface area is 104 Å². The molecule has 0 atom stereocenters. The van der Waals surface area contributed by atoms with Gasteiger partial charge in [0.2, 0.25) is 0 Å². The van der Waals surface area contributed by atoms with Gasteiger partial charge in [0.1, 0.15) is 5.82 Å². The number of halogens is 2. The van der Waals surface area contributed by atoms with Crippen LogP contribution in [0.3, 0.4) is 0 Å². The van der Waals surface area contributed by atoms with Crippen molar-refractivity contribution in [1.82, 2.24) is 0 Å². The van der Waals surface area contributed by atoms with Crippen molar-refractivity contribution in [3.63, 3.8) is 0 Å². The zero-order valence-electron chi connectivity index (χ0n) is 9.30. The minimum absolute atomic E-state index is 0.314. The van der Waals surface area contributed by atoms with Crippen molar-refractivity contribution >= 4 is 28.7 Å². The summed E-state index contributed by atoms with van der Waals surface area (Å²) < 4.78 is 13.5. The Morgan fingerprint density at radius 1 is 1.18 bits per heavy atom.